The third-order valence-electron chi connectivity index (χ3n) is 12.0. The normalized spacial score (nSPS) is 47.9. The Bertz CT molecular complexity index is 698. The molecule has 0 heterocycles. The maximum Gasteiger partial charge on any atom is 0.0833 e. The van der Waals surface area contributed by atoms with E-state index >= 15 is 0 Å². The molecule has 0 aromatic carbocycles. The molecule has 13 atom stereocenters. The monoisotopic (exact) mass is 480 g/mol. The van der Waals surface area contributed by atoms with Crippen molar-refractivity contribution in [2.24, 2.45) is 58.2 Å². The van der Waals surface area contributed by atoms with Crippen LogP contribution in [-0.2, 0) is 0 Å². The van der Waals surface area contributed by atoms with Crippen molar-refractivity contribution in [3.05, 3.63) is 0 Å². The van der Waals surface area contributed by atoms with Gasteiger partial charge in [0.15, 0.2) is 0 Å². The lowest BCUT2D eigenvalue weighted by Crippen LogP contribution is -2.58. The van der Waals surface area contributed by atoms with Crippen LogP contribution in [0.3, 0.4) is 0 Å². The molecule has 5 N–H and O–H groups in total. The van der Waals surface area contributed by atoms with Crippen molar-refractivity contribution < 1.29 is 25.5 Å². The molecule has 34 heavy (non-hydrogen) atoms. The van der Waals surface area contributed by atoms with Crippen LogP contribution in [0.4, 0.5) is 0 Å². The zero-order valence-corrected chi connectivity index (χ0v) is 22.2. The van der Waals surface area contributed by atoms with E-state index in [1.165, 1.54) is 6.42 Å². The molecule has 198 valence electrons. The Kier molecular flexibility index (Phi) is 7.84. The van der Waals surface area contributed by atoms with Crippen LogP contribution in [0.2, 0.25) is 0 Å². The van der Waals surface area contributed by atoms with Crippen molar-refractivity contribution >= 4 is 0 Å². The smallest absolute Gasteiger partial charge is 0.0833 e. The van der Waals surface area contributed by atoms with Gasteiger partial charge in [0.2, 0.25) is 0 Å². The van der Waals surface area contributed by atoms with Gasteiger partial charge in [-0.15, -0.1) is 0 Å². The Hall–Kier alpha value is -0.200. The van der Waals surface area contributed by atoms with E-state index in [9.17, 15) is 25.5 Å². The number of rotatable bonds is 7. The molecule has 4 fully saturated rings. The highest BCUT2D eigenvalue weighted by atomic mass is 16.3. The van der Waals surface area contributed by atoms with E-state index in [1.807, 2.05) is 0 Å². The number of hydrogen-bond acceptors (Lipinski definition) is 5. The van der Waals surface area contributed by atoms with E-state index in [0.29, 0.717) is 30.1 Å². The molecular formula is C29H52O5. The van der Waals surface area contributed by atoms with Gasteiger partial charge in [0, 0.05) is 6.61 Å². The standard InChI is InChI=1S/C29H52O5/c1-16(2)19(10-13-30)27(34)26(33)17(3)21-6-7-22-20-15-25(32)24-14-18(31)8-11-29(24,5)23(20)9-12-28(21,22)4/h16-27,30-34H,6-15H2,1-5H3/t17-,18+,19-,20-,21+,22-,23-,24-,25-,26+,27+,28+,29+/m0/s1. The summed E-state index contributed by atoms with van der Waals surface area (Å²) >= 11 is 0. The van der Waals surface area contributed by atoms with Crippen LogP contribution in [0, 0.1) is 58.2 Å². The third kappa shape index (κ3) is 4.30. The second-order valence-electron chi connectivity index (χ2n) is 13.7. The molecule has 5 nitrogen and oxygen atoms in total. The highest BCUT2D eigenvalue weighted by Crippen LogP contribution is 2.68. The summed E-state index contributed by atoms with van der Waals surface area (Å²) < 4.78 is 0. The Labute approximate surface area is 207 Å². The number of aliphatic hydroxyl groups is 5. The molecule has 0 radical (unpaired) electrons. The van der Waals surface area contributed by atoms with Gasteiger partial charge in [0.25, 0.3) is 0 Å². The molecular weight excluding hydrogens is 428 g/mol. The van der Waals surface area contributed by atoms with Gasteiger partial charge in [0.05, 0.1) is 24.4 Å². The molecule has 0 spiro atoms. The van der Waals surface area contributed by atoms with Crippen LogP contribution in [0.1, 0.15) is 92.4 Å². The summed E-state index contributed by atoms with van der Waals surface area (Å²) in [6.45, 7) is 11.1. The van der Waals surface area contributed by atoms with Gasteiger partial charge in [0.1, 0.15) is 0 Å². The minimum atomic E-state index is -0.814. The van der Waals surface area contributed by atoms with Crippen molar-refractivity contribution in [1.82, 2.24) is 0 Å². The van der Waals surface area contributed by atoms with Crippen molar-refractivity contribution in [2.45, 2.75) is 117 Å². The van der Waals surface area contributed by atoms with E-state index < -0.39 is 12.2 Å². The first-order chi connectivity index (χ1) is 16.0. The van der Waals surface area contributed by atoms with E-state index in [-0.39, 0.29) is 53.3 Å². The summed E-state index contributed by atoms with van der Waals surface area (Å²) in [5.74, 6) is 2.38. The van der Waals surface area contributed by atoms with Gasteiger partial charge < -0.3 is 25.5 Å². The van der Waals surface area contributed by atoms with Crippen molar-refractivity contribution in [3.8, 4) is 0 Å². The zero-order valence-electron chi connectivity index (χ0n) is 22.2. The molecule has 4 aliphatic rings. The lowest BCUT2D eigenvalue weighted by Gasteiger charge is -2.62. The zero-order chi connectivity index (χ0) is 25.0. The average Bonchev–Trinajstić information content (AvgIpc) is 3.14. The number of fused-ring (bicyclic) bond motifs is 5. The summed E-state index contributed by atoms with van der Waals surface area (Å²) in [5.41, 5.74) is 0.250. The van der Waals surface area contributed by atoms with Crippen LogP contribution in [-0.4, -0.2) is 56.6 Å². The minimum absolute atomic E-state index is 0.00293. The highest BCUT2D eigenvalue weighted by molar-refractivity contribution is 5.12. The van der Waals surface area contributed by atoms with Crippen LogP contribution in [0.15, 0.2) is 0 Å². The van der Waals surface area contributed by atoms with E-state index in [2.05, 4.69) is 34.6 Å². The largest absolute Gasteiger partial charge is 0.396 e. The van der Waals surface area contributed by atoms with E-state index in [4.69, 9.17) is 0 Å². The van der Waals surface area contributed by atoms with Crippen molar-refractivity contribution in [3.63, 3.8) is 0 Å². The van der Waals surface area contributed by atoms with Gasteiger partial charge in [-0.1, -0.05) is 34.6 Å². The highest BCUT2D eigenvalue weighted by Gasteiger charge is 2.62. The summed E-state index contributed by atoms with van der Waals surface area (Å²) in [6, 6.07) is 0. The van der Waals surface area contributed by atoms with Gasteiger partial charge in [-0.2, -0.15) is 0 Å². The van der Waals surface area contributed by atoms with Gasteiger partial charge in [-0.05, 0) is 116 Å². The topological polar surface area (TPSA) is 101 Å². The summed E-state index contributed by atoms with van der Waals surface area (Å²) in [7, 11) is 0. The predicted octanol–water partition coefficient (Wildman–Crippen LogP) is 3.99. The second-order valence-corrected chi connectivity index (χ2v) is 13.7. The predicted molar refractivity (Wildman–Crippen MR) is 134 cm³/mol. The molecule has 0 unspecified atom stereocenters. The van der Waals surface area contributed by atoms with Crippen LogP contribution in [0.5, 0.6) is 0 Å². The Morgan fingerprint density at radius 1 is 0.794 bits per heavy atom. The molecule has 0 amide bonds. The fourth-order valence-corrected chi connectivity index (χ4v) is 10.0. The fraction of sp³-hybridized carbons (Fsp3) is 1.00. The summed E-state index contributed by atoms with van der Waals surface area (Å²) in [5, 5.41) is 53.4. The van der Waals surface area contributed by atoms with Gasteiger partial charge in [-0.3, -0.25) is 0 Å². The first kappa shape index (κ1) is 26.9. The van der Waals surface area contributed by atoms with E-state index in [1.54, 1.807) is 0 Å². The maximum atomic E-state index is 11.3. The van der Waals surface area contributed by atoms with Gasteiger partial charge >= 0.3 is 0 Å². The van der Waals surface area contributed by atoms with Crippen LogP contribution >= 0.6 is 0 Å². The SMILES string of the molecule is CC(C)[C@H](CCO)[C@@H](O)[C@H](O)[C@@H](C)[C@H]1CC[C@H]2[C@@H]3C[C@H](O)[C@@H]4C[C@H](O)CC[C@]4(C)[C@H]3CC[C@]12C. The molecule has 5 heteroatoms. The quantitative estimate of drug-likeness (QED) is 0.379. The summed E-state index contributed by atoms with van der Waals surface area (Å²) in [6.07, 6.45) is 6.38. The summed E-state index contributed by atoms with van der Waals surface area (Å²) in [4.78, 5) is 0. The van der Waals surface area contributed by atoms with E-state index in [0.717, 1.165) is 44.9 Å². The molecule has 0 aromatic heterocycles. The average molecular weight is 481 g/mol. The van der Waals surface area contributed by atoms with Crippen LogP contribution < -0.4 is 0 Å². The second kappa shape index (κ2) is 9.93. The molecule has 0 bridgehead atoms. The third-order valence-corrected chi connectivity index (χ3v) is 12.0. The molecule has 4 saturated carbocycles. The van der Waals surface area contributed by atoms with Crippen molar-refractivity contribution in [2.75, 3.05) is 6.61 Å². The minimum Gasteiger partial charge on any atom is -0.396 e. The first-order valence-corrected chi connectivity index (χ1v) is 14.3. The molecule has 4 rings (SSSR count). The number of aliphatic hydroxyl groups excluding tert-OH is 5. The van der Waals surface area contributed by atoms with Crippen LogP contribution in [0.25, 0.3) is 0 Å². The number of hydrogen-bond donors (Lipinski definition) is 5. The molecule has 0 saturated heterocycles. The molecule has 4 aliphatic carbocycles. The first-order valence-electron chi connectivity index (χ1n) is 14.3. The molecule has 0 aliphatic heterocycles. The molecule has 0 aromatic rings. The Morgan fingerprint density at radius 2 is 1.44 bits per heavy atom. The lowest BCUT2D eigenvalue weighted by atomic mass is 9.43. The van der Waals surface area contributed by atoms with Crippen molar-refractivity contribution in [1.29, 1.82) is 0 Å². The maximum absolute atomic E-state index is 11.3. The van der Waals surface area contributed by atoms with Gasteiger partial charge in [-0.25, -0.2) is 0 Å². The fourth-order valence-electron chi connectivity index (χ4n) is 10.0. The Balaban J connectivity index is 1.52. The Morgan fingerprint density at radius 3 is 2.09 bits per heavy atom. The lowest BCUT2D eigenvalue weighted by molar-refractivity contribution is -0.175.